The Morgan fingerprint density at radius 3 is 2.30 bits per heavy atom. The maximum absolute atomic E-state index is 13.0. The molecule has 0 N–H and O–H groups in total. The number of rotatable bonds is 1. The molecule has 1 aliphatic carbocycles. The second-order valence-electron chi connectivity index (χ2n) is 6.96. The highest BCUT2D eigenvalue weighted by Crippen LogP contribution is 2.51. The van der Waals surface area contributed by atoms with Gasteiger partial charge in [-0.25, -0.2) is 0 Å². The van der Waals surface area contributed by atoms with Crippen LogP contribution in [0.1, 0.15) is 59.5 Å². The van der Waals surface area contributed by atoms with Crippen molar-refractivity contribution < 1.29 is 4.79 Å². The number of carbonyl (C=O) groups is 1. The molecule has 4 rings (SSSR count). The minimum Gasteiger partial charge on any atom is -0.335 e. The van der Waals surface area contributed by atoms with Crippen molar-refractivity contribution in [1.29, 1.82) is 0 Å². The van der Waals surface area contributed by atoms with E-state index in [1.807, 2.05) is 19.2 Å². The molecule has 118 valence electrons. The first-order chi connectivity index (χ1) is 11.2. The van der Waals surface area contributed by atoms with Crippen LogP contribution in [0.3, 0.4) is 0 Å². The molecule has 2 heteroatoms. The summed E-state index contributed by atoms with van der Waals surface area (Å²) in [5.41, 5.74) is 3.36. The van der Waals surface area contributed by atoms with E-state index >= 15 is 0 Å². The summed E-state index contributed by atoms with van der Waals surface area (Å²) in [7, 11) is 2.01. The molecule has 2 nitrogen and oxygen atoms in total. The standard InChI is InChI=1S/C21H23NO/c1-22-20(23)18-13-7-6-12-17(18)19(16-10-4-2-5-11-16)21(22)14-8-3-9-15-21/h2,4-7,10-13,19H,3,8-9,14-15H2,1H3. The molecule has 2 aromatic carbocycles. The largest absolute Gasteiger partial charge is 0.335 e. The van der Waals surface area contributed by atoms with Crippen molar-refractivity contribution in [2.24, 2.45) is 0 Å². The van der Waals surface area contributed by atoms with Crippen LogP contribution in [0, 0.1) is 0 Å². The third kappa shape index (κ3) is 2.12. The van der Waals surface area contributed by atoms with Crippen LogP contribution in [0.4, 0.5) is 0 Å². The van der Waals surface area contributed by atoms with Crippen molar-refractivity contribution in [3.63, 3.8) is 0 Å². The van der Waals surface area contributed by atoms with Crippen LogP contribution in [0.2, 0.25) is 0 Å². The minimum absolute atomic E-state index is 0.0644. The highest BCUT2D eigenvalue weighted by Gasteiger charge is 2.50. The van der Waals surface area contributed by atoms with Crippen LogP contribution in [-0.2, 0) is 0 Å². The summed E-state index contributed by atoms with van der Waals surface area (Å²) in [6, 6.07) is 18.9. The maximum Gasteiger partial charge on any atom is 0.254 e. The lowest BCUT2D eigenvalue weighted by Gasteiger charge is -2.53. The van der Waals surface area contributed by atoms with Gasteiger partial charge in [-0.3, -0.25) is 4.79 Å². The van der Waals surface area contributed by atoms with Gasteiger partial charge in [0.05, 0.1) is 5.54 Å². The molecule has 1 saturated carbocycles. The summed E-state index contributed by atoms with van der Waals surface area (Å²) in [6.07, 6.45) is 5.91. The Morgan fingerprint density at radius 1 is 0.913 bits per heavy atom. The number of amides is 1. The van der Waals surface area contributed by atoms with Crippen molar-refractivity contribution >= 4 is 5.91 Å². The quantitative estimate of drug-likeness (QED) is 0.753. The highest BCUT2D eigenvalue weighted by atomic mass is 16.2. The molecular formula is C21H23NO. The molecule has 1 unspecified atom stereocenters. The van der Waals surface area contributed by atoms with Gasteiger partial charge in [-0.2, -0.15) is 0 Å². The van der Waals surface area contributed by atoms with Gasteiger partial charge in [0.2, 0.25) is 0 Å². The average molecular weight is 305 g/mol. The van der Waals surface area contributed by atoms with Gasteiger partial charge in [0.25, 0.3) is 5.91 Å². The van der Waals surface area contributed by atoms with Gasteiger partial charge in [0.1, 0.15) is 0 Å². The first-order valence-electron chi connectivity index (χ1n) is 8.66. The van der Waals surface area contributed by atoms with E-state index in [2.05, 4.69) is 47.4 Å². The van der Waals surface area contributed by atoms with E-state index in [0.29, 0.717) is 0 Å². The summed E-state index contributed by atoms with van der Waals surface area (Å²) in [6.45, 7) is 0. The summed E-state index contributed by atoms with van der Waals surface area (Å²) in [5, 5.41) is 0. The van der Waals surface area contributed by atoms with Crippen LogP contribution < -0.4 is 0 Å². The predicted molar refractivity (Wildman–Crippen MR) is 92.6 cm³/mol. The van der Waals surface area contributed by atoms with Gasteiger partial charge in [-0.05, 0) is 30.0 Å². The molecule has 0 radical (unpaired) electrons. The van der Waals surface area contributed by atoms with E-state index in [1.165, 1.54) is 30.4 Å². The molecule has 1 fully saturated rings. The fourth-order valence-corrected chi connectivity index (χ4v) is 4.73. The number of hydrogen-bond acceptors (Lipinski definition) is 1. The van der Waals surface area contributed by atoms with Crippen LogP contribution in [0.15, 0.2) is 54.6 Å². The second-order valence-corrected chi connectivity index (χ2v) is 6.96. The van der Waals surface area contributed by atoms with Gasteiger partial charge in [-0.1, -0.05) is 67.8 Å². The van der Waals surface area contributed by atoms with E-state index in [0.717, 1.165) is 18.4 Å². The molecule has 0 saturated heterocycles. The van der Waals surface area contributed by atoms with E-state index in [4.69, 9.17) is 0 Å². The Balaban J connectivity index is 1.96. The fourth-order valence-electron chi connectivity index (χ4n) is 4.73. The molecule has 1 atom stereocenters. The van der Waals surface area contributed by atoms with Gasteiger partial charge in [-0.15, -0.1) is 0 Å². The Bertz CT molecular complexity index is 716. The molecule has 2 aromatic rings. The Hall–Kier alpha value is -2.09. The van der Waals surface area contributed by atoms with Crippen LogP contribution >= 0.6 is 0 Å². The minimum atomic E-state index is -0.0644. The van der Waals surface area contributed by atoms with Gasteiger partial charge >= 0.3 is 0 Å². The highest BCUT2D eigenvalue weighted by molar-refractivity contribution is 5.98. The summed E-state index contributed by atoms with van der Waals surface area (Å²) >= 11 is 0. The second kappa shape index (κ2) is 5.52. The van der Waals surface area contributed by atoms with Gasteiger partial charge < -0.3 is 4.90 Å². The average Bonchev–Trinajstić information content (AvgIpc) is 2.62. The molecule has 0 bridgehead atoms. The molecule has 23 heavy (non-hydrogen) atoms. The first kappa shape index (κ1) is 14.5. The normalized spacial score (nSPS) is 22.9. The summed E-state index contributed by atoms with van der Waals surface area (Å²) in [5.74, 6) is 0.470. The Kier molecular flexibility index (Phi) is 3.48. The molecule has 1 aliphatic heterocycles. The molecule has 1 heterocycles. The molecule has 2 aliphatic rings. The topological polar surface area (TPSA) is 20.3 Å². The maximum atomic E-state index is 13.0. The summed E-state index contributed by atoms with van der Waals surface area (Å²) < 4.78 is 0. The molecule has 1 amide bonds. The lowest BCUT2D eigenvalue weighted by molar-refractivity contribution is 0.0320. The van der Waals surface area contributed by atoms with Crippen molar-refractivity contribution in [3.05, 3.63) is 71.3 Å². The number of benzene rings is 2. The zero-order valence-electron chi connectivity index (χ0n) is 13.7. The van der Waals surface area contributed by atoms with Crippen molar-refractivity contribution in [2.75, 3.05) is 7.05 Å². The van der Waals surface area contributed by atoms with E-state index in [9.17, 15) is 4.79 Å². The number of carbonyl (C=O) groups excluding carboxylic acids is 1. The molecule has 0 aromatic heterocycles. The van der Waals surface area contributed by atoms with Crippen LogP contribution in [0.5, 0.6) is 0 Å². The predicted octanol–water partition coefficient (Wildman–Crippen LogP) is 4.61. The Morgan fingerprint density at radius 2 is 1.57 bits per heavy atom. The lowest BCUT2D eigenvalue weighted by atomic mass is 9.63. The van der Waals surface area contributed by atoms with Gasteiger partial charge in [0, 0.05) is 18.5 Å². The zero-order valence-corrected chi connectivity index (χ0v) is 13.7. The van der Waals surface area contributed by atoms with Crippen LogP contribution in [-0.4, -0.2) is 23.4 Å². The SMILES string of the molecule is CN1C(=O)c2ccccc2C(c2ccccc2)C12CCCCC2. The molecular weight excluding hydrogens is 282 g/mol. The Labute approximate surface area is 138 Å². The zero-order chi connectivity index (χ0) is 15.9. The van der Waals surface area contributed by atoms with Crippen LogP contribution in [0.25, 0.3) is 0 Å². The van der Waals surface area contributed by atoms with Crippen molar-refractivity contribution in [3.8, 4) is 0 Å². The third-order valence-corrected chi connectivity index (χ3v) is 5.86. The number of hydrogen-bond donors (Lipinski definition) is 0. The fraction of sp³-hybridized carbons (Fsp3) is 0.381. The van der Waals surface area contributed by atoms with E-state index in [1.54, 1.807) is 0 Å². The number of likely N-dealkylation sites (N-methyl/N-ethyl adjacent to an activating group) is 1. The number of nitrogens with zero attached hydrogens (tertiary/aromatic N) is 1. The van der Waals surface area contributed by atoms with Gasteiger partial charge in [0.15, 0.2) is 0 Å². The van der Waals surface area contributed by atoms with E-state index < -0.39 is 0 Å². The third-order valence-electron chi connectivity index (χ3n) is 5.86. The smallest absolute Gasteiger partial charge is 0.254 e. The van der Waals surface area contributed by atoms with E-state index in [-0.39, 0.29) is 17.4 Å². The monoisotopic (exact) mass is 305 g/mol. The first-order valence-corrected chi connectivity index (χ1v) is 8.66. The van der Waals surface area contributed by atoms with Crippen molar-refractivity contribution in [2.45, 2.75) is 43.6 Å². The summed E-state index contributed by atoms with van der Waals surface area (Å²) in [4.78, 5) is 15.1. The number of fused-ring (bicyclic) bond motifs is 1. The molecule has 1 spiro atoms. The van der Waals surface area contributed by atoms with Crippen molar-refractivity contribution in [1.82, 2.24) is 4.90 Å². The lowest BCUT2D eigenvalue weighted by Crippen LogP contribution is -2.58.